The topological polar surface area (TPSA) is 105 Å². The number of anilines is 2. The highest BCUT2D eigenvalue weighted by atomic mass is 15.1. The van der Waals surface area contributed by atoms with Crippen molar-refractivity contribution in [3.63, 3.8) is 0 Å². The summed E-state index contributed by atoms with van der Waals surface area (Å²) in [6.45, 7) is 9.62. The lowest BCUT2D eigenvalue weighted by molar-refractivity contribution is 0.185. The van der Waals surface area contributed by atoms with Crippen molar-refractivity contribution in [2.24, 2.45) is 5.92 Å². The third kappa shape index (κ3) is 3.63. The van der Waals surface area contributed by atoms with E-state index in [1.807, 2.05) is 6.07 Å². The van der Waals surface area contributed by atoms with Crippen molar-refractivity contribution in [3.8, 4) is 17.3 Å². The van der Waals surface area contributed by atoms with Gasteiger partial charge in [0, 0.05) is 12.1 Å². The van der Waals surface area contributed by atoms with Gasteiger partial charge in [-0.2, -0.15) is 10.2 Å². The van der Waals surface area contributed by atoms with Crippen molar-refractivity contribution >= 4 is 11.8 Å². The van der Waals surface area contributed by atoms with E-state index in [1.165, 1.54) is 18.4 Å². The Morgan fingerprint density at radius 3 is 2.54 bits per heavy atom. The molecular weight excluding hydrogens is 324 g/mol. The second-order valence-electron chi connectivity index (χ2n) is 7.36. The van der Waals surface area contributed by atoms with Crippen LogP contribution in [0.15, 0.2) is 12.1 Å². The van der Waals surface area contributed by atoms with E-state index in [2.05, 4.69) is 47.8 Å². The van der Waals surface area contributed by atoms with Crippen LogP contribution in [-0.4, -0.2) is 28.0 Å². The number of piperidine rings is 1. The first-order chi connectivity index (χ1) is 12.4. The van der Waals surface area contributed by atoms with Crippen molar-refractivity contribution in [3.05, 3.63) is 34.4 Å². The monoisotopic (exact) mass is 350 g/mol. The maximum Gasteiger partial charge on any atom is 0.222 e. The molecule has 26 heavy (non-hydrogen) atoms. The minimum absolute atomic E-state index is 0.0870. The molecule has 1 aliphatic heterocycles. The molecule has 0 atom stereocenters. The number of nitrogens with two attached hydrogens (primary N) is 2. The molecule has 0 radical (unpaired) electrons. The number of hydrogen-bond donors (Lipinski definition) is 2. The molecule has 0 bridgehead atoms. The van der Waals surface area contributed by atoms with E-state index in [1.54, 1.807) is 0 Å². The predicted molar refractivity (Wildman–Crippen MR) is 104 cm³/mol. The summed E-state index contributed by atoms with van der Waals surface area (Å²) in [6, 6.07) is 6.39. The molecule has 0 amide bonds. The van der Waals surface area contributed by atoms with Crippen molar-refractivity contribution in [2.45, 2.75) is 40.2 Å². The first-order valence-electron chi connectivity index (χ1n) is 9.05. The normalized spacial score (nSPS) is 15.8. The highest BCUT2D eigenvalue weighted by Gasteiger charge is 2.20. The molecule has 0 saturated carbocycles. The van der Waals surface area contributed by atoms with E-state index in [0.717, 1.165) is 42.2 Å². The molecule has 136 valence electrons. The van der Waals surface area contributed by atoms with E-state index in [4.69, 9.17) is 11.5 Å². The average molecular weight is 350 g/mol. The number of nitrogen functional groups attached to an aromatic ring is 2. The lowest BCUT2D eigenvalue weighted by Crippen LogP contribution is -2.32. The van der Waals surface area contributed by atoms with Crippen LogP contribution < -0.4 is 11.5 Å². The average Bonchev–Trinajstić information content (AvgIpc) is 2.59. The Morgan fingerprint density at radius 1 is 1.19 bits per heavy atom. The van der Waals surface area contributed by atoms with E-state index in [-0.39, 0.29) is 17.3 Å². The Bertz CT molecular complexity index is 860. The van der Waals surface area contributed by atoms with Crippen LogP contribution in [0.4, 0.5) is 11.8 Å². The summed E-state index contributed by atoms with van der Waals surface area (Å²) >= 11 is 0. The van der Waals surface area contributed by atoms with Crippen molar-refractivity contribution in [1.82, 2.24) is 14.9 Å². The number of nitrogens with zero attached hydrogens (tertiary/aromatic N) is 4. The fraction of sp³-hybridized carbons (Fsp3) is 0.450. The molecule has 0 spiro atoms. The SMILES string of the molecule is Cc1cc(CN2CCC(C)CC2)c(C)c(-c2nc(N)nc(N)c2C#N)c1. The number of hydrogen-bond acceptors (Lipinski definition) is 6. The summed E-state index contributed by atoms with van der Waals surface area (Å²) in [7, 11) is 0. The van der Waals surface area contributed by atoms with E-state index in [9.17, 15) is 5.26 Å². The van der Waals surface area contributed by atoms with Crippen LogP contribution in [-0.2, 0) is 6.54 Å². The number of benzene rings is 1. The predicted octanol–water partition coefficient (Wildman–Crippen LogP) is 3.03. The van der Waals surface area contributed by atoms with Crippen molar-refractivity contribution in [2.75, 3.05) is 24.6 Å². The van der Waals surface area contributed by atoms with Gasteiger partial charge < -0.3 is 11.5 Å². The van der Waals surface area contributed by atoms with Crippen LogP contribution in [0.25, 0.3) is 11.3 Å². The molecule has 3 rings (SSSR count). The minimum atomic E-state index is 0.0870. The van der Waals surface area contributed by atoms with Gasteiger partial charge in [-0.25, -0.2) is 4.98 Å². The maximum atomic E-state index is 9.51. The number of likely N-dealkylation sites (tertiary alicyclic amines) is 1. The zero-order chi connectivity index (χ0) is 18.8. The first-order valence-corrected chi connectivity index (χ1v) is 9.05. The Hall–Kier alpha value is -2.65. The van der Waals surface area contributed by atoms with Gasteiger partial charge in [-0.1, -0.05) is 18.6 Å². The quantitative estimate of drug-likeness (QED) is 0.881. The summed E-state index contributed by atoms with van der Waals surface area (Å²) in [5.41, 5.74) is 16.9. The highest BCUT2D eigenvalue weighted by Crippen LogP contribution is 2.32. The lowest BCUT2D eigenvalue weighted by Gasteiger charge is -2.31. The van der Waals surface area contributed by atoms with Gasteiger partial charge in [0.2, 0.25) is 5.95 Å². The lowest BCUT2D eigenvalue weighted by atomic mass is 9.93. The second kappa shape index (κ2) is 7.30. The fourth-order valence-electron chi connectivity index (χ4n) is 3.61. The van der Waals surface area contributed by atoms with Crippen molar-refractivity contribution < 1.29 is 0 Å². The Balaban J connectivity index is 2.02. The molecule has 6 heteroatoms. The van der Waals surface area contributed by atoms with Gasteiger partial charge in [-0.3, -0.25) is 4.90 Å². The third-order valence-corrected chi connectivity index (χ3v) is 5.25. The van der Waals surface area contributed by atoms with Crippen LogP contribution in [0.5, 0.6) is 0 Å². The molecule has 1 aliphatic rings. The van der Waals surface area contributed by atoms with Gasteiger partial charge in [0.05, 0.1) is 5.69 Å². The Labute approximate surface area is 154 Å². The molecule has 6 nitrogen and oxygen atoms in total. The molecule has 4 N–H and O–H groups in total. The third-order valence-electron chi connectivity index (χ3n) is 5.25. The van der Waals surface area contributed by atoms with Crippen LogP contribution in [0.1, 0.15) is 42.0 Å². The summed E-state index contributed by atoms with van der Waals surface area (Å²) < 4.78 is 0. The number of rotatable bonds is 3. The first kappa shape index (κ1) is 18.2. The number of nitriles is 1. The molecule has 0 aliphatic carbocycles. The molecule has 0 unspecified atom stereocenters. The van der Waals surface area contributed by atoms with E-state index < -0.39 is 0 Å². The van der Waals surface area contributed by atoms with Gasteiger partial charge in [-0.15, -0.1) is 0 Å². The molecule has 1 saturated heterocycles. The molecule has 1 aromatic heterocycles. The Morgan fingerprint density at radius 2 is 1.88 bits per heavy atom. The number of aryl methyl sites for hydroxylation is 1. The van der Waals surface area contributed by atoms with Gasteiger partial charge in [0.25, 0.3) is 0 Å². The second-order valence-corrected chi connectivity index (χ2v) is 7.36. The van der Waals surface area contributed by atoms with E-state index >= 15 is 0 Å². The van der Waals surface area contributed by atoms with Crippen LogP contribution in [0, 0.1) is 31.1 Å². The van der Waals surface area contributed by atoms with Gasteiger partial charge in [-0.05, 0) is 62.9 Å². The number of aromatic nitrogens is 2. The smallest absolute Gasteiger partial charge is 0.222 e. The minimum Gasteiger partial charge on any atom is -0.382 e. The van der Waals surface area contributed by atoms with Gasteiger partial charge in [0.1, 0.15) is 17.5 Å². The maximum absolute atomic E-state index is 9.51. The Kier molecular flexibility index (Phi) is 5.10. The van der Waals surface area contributed by atoms with Crippen LogP contribution in [0.2, 0.25) is 0 Å². The summed E-state index contributed by atoms with van der Waals surface area (Å²) in [5.74, 6) is 1.03. The summed E-state index contributed by atoms with van der Waals surface area (Å²) in [4.78, 5) is 10.7. The van der Waals surface area contributed by atoms with Crippen LogP contribution in [0.3, 0.4) is 0 Å². The van der Waals surface area contributed by atoms with Crippen molar-refractivity contribution in [1.29, 1.82) is 5.26 Å². The zero-order valence-electron chi connectivity index (χ0n) is 15.7. The fourth-order valence-corrected chi connectivity index (χ4v) is 3.61. The van der Waals surface area contributed by atoms with Gasteiger partial charge >= 0.3 is 0 Å². The largest absolute Gasteiger partial charge is 0.382 e. The summed E-state index contributed by atoms with van der Waals surface area (Å²) in [5, 5.41) is 9.51. The molecule has 2 aromatic rings. The molecular formula is C20H26N6. The zero-order valence-corrected chi connectivity index (χ0v) is 15.7. The summed E-state index contributed by atoms with van der Waals surface area (Å²) in [6.07, 6.45) is 2.49. The molecule has 2 heterocycles. The highest BCUT2D eigenvalue weighted by molar-refractivity contribution is 5.76. The van der Waals surface area contributed by atoms with Gasteiger partial charge in [0.15, 0.2) is 0 Å². The molecule has 1 fully saturated rings. The molecule has 1 aromatic carbocycles. The van der Waals surface area contributed by atoms with Crippen LogP contribution >= 0.6 is 0 Å². The van der Waals surface area contributed by atoms with E-state index in [0.29, 0.717) is 5.69 Å². The standard InChI is InChI=1S/C20H26N6/c1-12-4-6-26(7-5-12)11-15-8-13(2)9-16(14(15)3)18-17(10-21)19(22)25-20(23)24-18/h8-9,12H,4-7,11H2,1-3H3,(H4,22,23,24,25).